The van der Waals surface area contributed by atoms with Crippen LogP contribution in [0.5, 0.6) is 0 Å². The van der Waals surface area contributed by atoms with E-state index in [0.717, 1.165) is 5.56 Å². The number of benzene rings is 2. The fraction of sp³-hybridized carbons (Fsp3) is 0.133. The van der Waals surface area contributed by atoms with Gasteiger partial charge < -0.3 is 5.32 Å². The molecule has 0 aliphatic carbocycles. The molecule has 0 saturated carbocycles. The summed E-state index contributed by atoms with van der Waals surface area (Å²) in [6.07, 6.45) is 0. The van der Waals surface area contributed by atoms with E-state index in [4.69, 9.17) is 11.6 Å². The van der Waals surface area contributed by atoms with Gasteiger partial charge in [0.15, 0.2) is 0 Å². The molecular formula is C15H12BrClFNO. The smallest absolute Gasteiger partial charge is 0.252 e. The van der Waals surface area contributed by atoms with Gasteiger partial charge in [-0.05, 0) is 33.6 Å². The third-order valence-corrected chi connectivity index (χ3v) is 4.01. The topological polar surface area (TPSA) is 29.1 Å². The molecular weight excluding hydrogens is 345 g/mol. The Bertz CT molecular complexity index is 606. The van der Waals surface area contributed by atoms with Crippen LogP contribution in [0.15, 0.2) is 53.0 Å². The lowest BCUT2D eigenvalue weighted by atomic mass is 10.1. The maximum Gasteiger partial charge on any atom is 0.252 e. The molecule has 1 atom stereocenters. The van der Waals surface area contributed by atoms with Crippen LogP contribution in [0.1, 0.15) is 21.3 Å². The van der Waals surface area contributed by atoms with Crippen LogP contribution in [0.25, 0.3) is 0 Å². The first-order valence-corrected chi connectivity index (χ1v) is 7.23. The zero-order valence-electron chi connectivity index (χ0n) is 10.4. The zero-order chi connectivity index (χ0) is 14.5. The van der Waals surface area contributed by atoms with Crippen LogP contribution in [0, 0.1) is 5.82 Å². The van der Waals surface area contributed by atoms with Crippen LogP contribution in [0.3, 0.4) is 0 Å². The molecule has 0 radical (unpaired) electrons. The van der Waals surface area contributed by atoms with Crippen molar-refractivity contribution < 1.29 is 9.18 Å². The molecule has 1 N–H and O–H groups in total. The standard InChI is InChI=1S/C15H12BrClFNO/c16-14-11(7-4-8-13(14)18)15(20)19-9-12(17)10-5-2-1-3-6-10/h1-8,12H,9H2,(H,19,20). The highest BCUT2D eigenvalue weighted by molar-refractivity contribution is 9.10. The predicted octanol–water partition coefficient (Wildman–Crippen LogP) is 4.30. The summed E-state index contributed by atoms with van der Waals surface area (Å²) in [6.45, 7) is 0.271. The molecule has 0 aliphatic heterocycles. The average Bonchev–Trinajstić information content (AvgIpc) is 2.48. The monoisotopic (exact) mass is 355 g/mol. The molecule has 20 heavy (non-hydrogen) atoms. The largest absolute Gasteiger partial charge is 0.350 e. The fourth-order valence-corrected chi connectivity index (χ4v) is 2.40. The van der Waals surface area contributed by atoms with E-state index in [-0.39, 0.29) is 27.9 Å². The van der Waals surface area contributed by atoms with Crippen molar-refractivity contribution in [3.8, 4) is 0 Å². The number of hydrogen-bond donors (Lipinski definition) is 1. The molecule has 0 heterocycles. The SMILES string of the molecule is O=C(NCC(Cl)c1ccccc1)c1cccc(F)c1Br. The van der Waals surface area contributed by atoms with Crippen LogP contribution in [-0.4, -0.2) is 12.5 Å². The highest BCUT2D eigenvalue weighted by Gasteiger charge is 2.14. The van der Waals surface area contributed by atoms with Crippen LogP contribution in [0.2, 0.25) is 0 Å². The van der Waals surface area contributed by atoms with Gasteiger partial charge in [0, 0.05) is 6.54 Å². The highest BCUT2D eigenvalue weighted by Crippen LogP contribution is 2.22. The summed E-state index contributed by atoms with van der Waals surface area (Å²) in [4.78, 5) is 12.0. The summed E-state index contributed by atoms with van der Waals surface area (Å²) in [5.74, 6) is -0.832. The Labute approximate surface area is 130 Å². The molecule has 1 unspecified atom stereocenters. The van der Waals surface area contributed by atoms with Crippen LogP contribution in [0.4, 0.5) is 4.39 Å². The highest BCUT2D eigenvalue weighted by atomic mass is 79.9. The molecule has 0 saturated heterocycles. The predicted molar refractivity (Wildman–Crippen MR) is 81.5 cm³/mol. The van der Waals surface area contributed by atoms with Crippen molar-refractivity contribution in [2.75, 3.05) is 6.54 Å². The van der Waals surface area contributed by atoms with Gasteiger partial charge in [0.25, 0.3) is 5.91 Å². The number of nitrogens with one attached hydrogen (secondary N) is 1. The van der Waals surface area contributed by atoms with E-state index in [0.29, 0.717) is 0 Å². The van der Waals surface area contributed by atoms with Gasteiger partial charge in [-0.1, -0.05) is 36.4 Å². The molecule has 1 amide bonds. The fourth-order valence-electron chi connectivity index (χ4n) is 1.74. The second-order valence-corrected chi connectivity index (χ2v) is 5.51. The number of alkyl halides is 1. The molecule has 2 aromatic carbocycles. The number of carbonyl (C=O) groups is 1. The maximum atomic E-state index is 13.4. The zero-order valence-corrected chi connectivity index (χ0v) is 12.8. The van der Waals surface area contributed by atoms with E-state index >= 15 is 0 Å². The third kappa shape index (κ3) is 3.58. The van der Waals surface area contributed by atoms with Gasteiger partial charge >= 0.3 is 0 Å². The first kappa shape index (κ1) is 15.0. The Balaban J connectivity index is 2.01. The van der Waals surface area contributed by atoms with Gasteiger partial charge in [0.1, 0.15) is 5.82 Å². The summed E-state index contributed by atoms with van der Waals surface area (Å²) < 4.78 is 13.5. The van der Waals surface area contributed by atoms with Gasteiger partial charge in [-0.3, -0.25) is 4.79 Å². The first-order chi connectivity index (χ1) is 9.59. The van der Waals surface area contributed by atoms with Crippen LogP contribution in [-0.2, 0) is 0 Å². The Morgan fingerprint density at radius 2 is 1.90 bits per heavy atom. The third-order valence-electron chi connectivity index (χ3n) is 2.80. The van der Waals surface area contributed by atoms with E-state index in [9.17, 15) is 9.18 Å². The summed E-state index contributed by atoms with van der Waals surface area (Å²) in [6, 6.07) is 13.8. The normalized spacial score (nSPS) is 11.9. The Morgan fingerprint density at radius 3 is 2.60 bits per heavy atom. The molecule has 0 aliphatic rings. The van der Waals surface area contributed by atoms with Gasteiger partial charge in [0.05, 0.1) is 15.4 Å². The minimum absolute atomic E-state index is 0.156. The lowest BCUT2D eigenvalue weighted by molar-refractivity contribution is 0.0952. The number of halogens is 3. The molecule has 104 valence electrons. The first-order valence-electron chi connectivity index (χ1n) is 6.01. The lowest BCUT2D eigenvalue weighted by Crippen LogP contribution is -2.27. The molecule has 0 aromatic heterocycles. The summed E-state index contributed by atoms with van der Waals surface area (Å²) in [5.41, 5.74) is 1.18. The summed E-state index contributed by atoms with van der Waals surface area (Å²) >= 11 is 9.27. The van der Waals surface area contributed by atoms with Crippen molar-refractivity contribution in [3.63, 3.8) is 0 Å². The number of carbonyl (C=O) groups excluding carboxylic acids is 1. The Hall–Kier alpha value is -1.39. The van der Waals surface area contributed by atoms with Crippen molar-refractivity contribution in [1.29, 1.82) is 0 Å². The molecule has 2 rings (SSSR count). The molecule has 0 fully saturated rings. The minimum Gasteiger partial charge on any atom is -0.350 e. The molecule has 5 heteroatoms. The average molecular weight is 357 g/mol. The lowest BCUT2D eigenvalue weighted by Gasteiger charge is -2.12. The second kappa shape index (κ2) is 6.86. The van der Waals surface area contributed by atoms with Gasteiger partial charge in [-0.15, -0.1) is 11.6 Å². The van der Waals surface area contributed by atoms with E-state index < -0.39 is 5.82 Å². The quantitative estimate of drug-likeness (QED) is 0.813. The number of amides is 1. The van der Waals surface area contributed by atoms with Crippen molar-refractivity contribution in [2.24, 2.45) is 0 Å². The van der Waals surface area contributed by atoms with E-state index in [1.807, 2.05) is 30.3 Å². The van der Waals surface area contributed by atoms with E-state index in [1.165, 1.54) is 12.1 Å². The molecule has 0 bridgehead atoms. The maximum absolute atomic E-state index is 13.4. The minimum atomic E-state index is -0.469. The Kier molecular flexibility index (Phi) is 5.15. The van der Waals surface area contributed by atoms with Crippen LogP contribution >= 0.6 is 27.5 Å². The second-order valence-electron chi connectivity index (χ2n) is 4.19. The molecule has 2 aromatic rings. The van der Waals surface area contributed by atoms with E-state index in [2.05, 4.69) is 21.2 Å². The summed E-state index contributed by atoms with van der Waals surface area (Å²) in [7, 11) is 0. The molecule has 2 nitrogen and oxygen atoms in total. The van der Waals surface area contributed by atoms with Crippen molar-refractivity contribution >= 4 is 33.4 Å². The van der Waals surface area contributed by atoms with Crippen LogP contribution < -0.4 is 5.32 Å². The van der Waals surface area contributed by atoms with Crippen molar-refractivity contribution in [2.45, 2.75) is 5.38 Å². The Morgan fingerprint density at radius 1 is 1.20 bits per heavy atom. The van der Waals surface area contributed by atoms with Gasteiger partial charge in [-0.2, -0.15) is 0 Å². The number of hydrogen-bond acceptors (Lipinski definition) is 1. The molecule has 0 spiro atoms. The van der Waals surface area contributed by atoms with Crippen molar-refractivity contribution in [3.05, 3.63) is 69.9 Å². The van der Waals surface area contributed by atoms with Crippen molar-refractivity contribution in [1.82, 2.24) is 5.32 Å². The number of rotatable bonds is 4. The van der Waals surface area contributed by atoms with E-state index in [1.54, 1.807) is 6.07 Å². The summed E-state index contributed by atoms with van der Waals surface area (Å²) in [5, 5.41) is 2.37. The van der Waals surface area contributed by atoms with Gasteiger partial charge in [0.2, 0.25) is 0 Å². The van der Waals surface area contributed by atoms with Gasteiger partial charge in [-0.25, -0.2) is 4.39 Å².